The Labute approximate surface area is 74.4 Å². The molecule has 1 heterocycles. The lowest BCUT2D eigenvalue weighted by molar-refractivity contribution is 0.583. The maximum atomic E-state index is 3.95. The Balaban J connectivity index is 2.91. The largest absolute Gasteiger partial charge is 0.322 e. The summed E-state index contributed by atoms with van der Waals surface area (Å²) in [5, 5.41) is 0. The van der Waals surface area contributed by atoms with Gasteiger partial charge >= 0.3 is 0 Å². The van der Waals surface area contributed by atoms with Crippen molar-refractivity contribution in [3.63, 3.8) is 0 Å². The van der Waals surface area contributed by atoms with E-state index in [4.69, 9.17) is 0 Å². The van der Waals surface area contributed by atoms with Crippen molar-refractivity contribution in [3.05, 3.63) is 48.0 Å². The molecule has 1 rings (SSSR count). The van der Waals surface area contributed by atoms with Crippen LogP contribution in [0.25, 0.3) is 0 Å². The molecular weight excluding hydrogens is 146 g/mol. The average molecular weight is 161 g/mol. The zero-order valence-corrected chi connectivity index (χ0v) is 7.96. The van der Waals surface area contributed by atoms with Crippen LogP contribution in [0.1, 0.15) is 20.8 Å². The normalized spacial score (nSPS) is 15.2. The molecule has 0 aromatic heterocycles. The molecule has 1 aliphatic rings. The summed E-state index contributed by atoms with van der Waals surface area (Å²) >= 11 is 0. The fourth-order valence-electron chi connectivity index (χ4n) is 1.05. The molecule has 1 heteroatoms. The predicted molar refractivity (Wildman–Crippen MR) is 53.3 cm³/mol. The van der Waals surface area contributed by atoms with E-state index in [1.165, 1.54) is 11.3 Å². The highest BCUT2D eigenvalue weighted by Gasteiger charge is 2.06. The van der Waals surface area contributed by atoms with E-state index in [9.17, 15) is 0 Å². The van der Waals surface area contributed by atoms with Crippen LogP contribution >= 0.6 is 0 Å². The second-order valence-corrected chi connectivity index (χ2v) is 3.15. The van der Waals surface area contributed by atoms with Gasteiger partial charge in [0.15, 0.2) is 0 Å². The minimum atomic E-state index is 1.02. The van der Waals surface area contributed by atoms with E-state index in [0.717, 1.165) is 5.70 Å². The minimum absolute atomic E-state index is 1.02. The van der Waals surface area contributed by atoms with Gasteiger partial charge in [-0.3, -0.25) is 0 Å². The highest BCUT2D eigenvalue weighted by molar-refractivity contribution is 5.30. The maximum Gasteiger partial charge on any atom is 0.0380 e. The molecule has 0 radical (unpaired) electrons. The van der Waals surface area contributed by atoms with Gasteiger partial charge in [-0.1, -0.05) is 18.2 Å². The summed E-state index contributed by atoms with van der Waals surface area (Å²) in [5.41, 5.74) is 3.59. The van der Waals surface area contributed by atoms with Crippen molar-refractivity contribution in [2.75, 3.05) is 0 Å². The molecule has 0 fully saturated rings. The molecule has 0 saturated carbocycles. The molecule has 0 saturated heterocycles. The standard InChI is InChI=1S/C11H15N/c1-9(2)11(4)12-8-6-5-7-10(12)3/h5-8H,3H2,1-2,4H3. The quantitative estimate of drug-likeness (QED) is 0.571. The summed E-state index contributed by atoms with van der Waals surface area (Å²) in [4.78, 5) is 2.09. The van der Waals surface area contributed by atoms with Crippen molar-refractivity contribution in [2.45, 2.75) is 20.8 Å². The second kappa shape index (κ2) is 3.44. The van der Waals surface area contributed by atoms with E-state index in [2.05, 4.69) is 32.3 Å². The molecule has 0 aromatic carbocycles. The molecule has 0 N–H and O–H groups in total. The summed E-state index contributed by atoms with van der Waals surface area (Å²) in [6, 6.07) is 0. The van der Waals surface area contributed by atoms with Crippen molar-refractivity contribution in [3.8, 4) is 0 Å². The van der Waals surface area contributed by atoms with Gasteiger partial charge < -0.3 is 4.90 Å². The molecule has 1 aliphatic heterocycles. The number of hydrogen-bond acceptors (Lipinski definition) is 1. The minimum Gasteiger partial charge on any atom is -0.322 e. The van der Waals surface area contributed by atoms with Crippen LogP contribution in [0.3, 0.4) is 0 Å². The SMILES string of the molecule is C=C1C=CC=CN1C(C)=C(C)C. The molecule has 0 bridgehead atoms. The third kappa shape index (κ3) is 1.67. The lowest BCUT2D eigenvalue weighted by Gasteiger charge is -2.24. The number of allylic oxidation sites excluding steroid dienone is 5. The van der Waals surface area contributed by atoms with Gasteiger partial charge in [0.05, 0.1) is 0 Å². The Kier molecular flexibility index (Phi) is 2.54. The van der Waals surface area contributed by atoms with E-state index in [1.54, 1.807) is 0 Å². The van der Waals surface area contributed by atoms with Crippen molar-refractivity contribution in [1.82, 2.24) is 4.90 Å². The van der Waals surface area contributed by atoms with Crippen LogP contribution in [-0.2, 0) is 0 Å². The number of hydrogen-bond donors (Lipinski definition) is 0. The first-order valence-electron chi connectivity index (χ1n) is 4.10. The Hall–Kier alpha value is -1.24. The highest BCUT2D eigenvalue weighted by atomic mass is 15.1. The van der Waals surface area contributed by atoms with Gasteiger partial charge in [-0.05, 0) is 32.9 Å². The number of nitrogens with zero attached hydrogens (tertiary/aromatic N) is 1. The van der Waals surface area contributed by atoms with Crippen LogP contribution in [-0.4, -0.2) is 4.90 Å². The Morgan fingerprint density at radius 3 is 2.42 bits per heavy atom. The van der Waals surface area contributed by atoms with Crippen molar-refractivity contribution >= 4 is 0 Å². The molecule has 12 heavy (non-hydrogen) atoms. The molecule has 0 unspecified atom stereocenters. The number of rotatable bonds is 1. The molecule has 0 aliphatic carbocycles. The maximum absolute atomic E-state index is 3.95. The van der Waals surface area contributed by atoms with Gasteiger partial charge in [-0.15, -0.1) is 0 Å². The van der Waals surface area contributed by atoms with E-state index >= 15 is 0 Å². The summed E-state index contributed by atoms with van der Waals surface area (Å²) in [6.07, 6.45) is 8.05. The van der Waals surface area contributed by atoms with Gasteiger partial charge in [0, 0.05) is 17.6 Å². The van der Waals surface area contributed by atoms with Crippen LogP contribution in [0.2, 0.25) is 0 Å². The smallest absolute Gasteiger partial charge is 0.0380 e. The summed E-state index contributed by atoms with van der Waals surface area (Å²) < 4.78 is 0. The Morgan fingerprint density at radius 1 is 1.25 bits per heavy atom. The van der Waals surface area contributed by atoms with E-state index in [1.807, 2.05) is 24.4 Å². The van der Waals surface area contributed by atoms with Gasteiger partial charge in [-0.25, -0.2) is 0 Å². The fraction of sp³-hybridized carbons (Fsp3) is 0.273. The third-order valence-electron chi connectivity index (χ3n) is 2.03. The zero-order chi connectivity index (χ0) is 9.14. The molecule has 0 atom stereocenters. The van der Waals surface area contributed by atoms with Gasteiger partial charge in [0.25, 0.3) is 0 Å². The van der Waals surface area contributed by atoms with Gasteiger partial charge in [0.1, 0.15) is 0 Å². The van der Waals surface area contributed by atoms with Crippen LogP contribution in [0, 0.1) is 0 Å². The van der Waals surface area contributed by atoms with Crippen molar-refractivity contribution in [2.24, 2.45) is 0 Å². The second-order valence-electron chi connectivity index (χ2n) is 3.15. The highest BCUT2D eigenvalue weighted by Crippen LogP contribution is 2.18. The first-order chi connectivity index (χ1) is 5.63. The molecular formula is C11H15N. The first kappa shape index (κ1) is 8.85. The van der Waals surface area contributed by atoms with Crippen LogP contribution in [0.4, 0.5) is 0 Å². The van der Waals surface area contributed by atoms with Crippen LogP contribution < -0.4 is 0 Å². The predicted octanol–water partition coefficient (Wildman–Crippen LogP) is 3.20. The molecule has 64 valence electrons. The van der Waals surface area contributed by atoms with Gasteiger partial charge in [-0.2, -0.15) is 0 Å². The molecule has 1 nitrogen and oxygen atoms in total. The van der Waals surface area contributed by atoms with E-state index in [0.29, 0.717) is 0 Å². The van der Waals surface area contributed by atoms with E-state index in [-0.39, 0.29) is 0 Å². The summed E-state index contributed by atoms with van der Waals surface area (Å²) in [6.45, 7) is 10.3. The summed E-state index contributed by atoms with van der Waals surface area (Å²) in [7, 11) is 0. The Morgan fingerprint density at radius 2 is 1.92 bits per heavy atom. The zero-order valence-electron chi connectivity index (χ0n) is 7.96. The monoisotopic (exact) mass is 161 g/mol. The third-order valence-corrected chi connectivity index (χ3v) is 2.03. The first-order valence-corrected chi connectivity index (χ1v) is 4.10. The lowest BCUT2D eigenvalue weighted by Crippen LogP contribution is -2.14. The molecule has 0 spiro atoms. The van der Waals surface area contributed by atoms with Gasteiger partial charge in [0.2, 0.25) is 0 Å². The average Bonchev–Trinajstić information content (AvgIpc) is 2.04. The van der Waals surface area contributed by atoms with Crippen LogP contribution in [0.5, 0.6) is 0 Å². The fourth-order valence-corrected chi connectivity index (χ4v) is 1.05. The van der Waals surface area contributed by atoms with E-state index < -0.39 is 0 Å². The Bertz CT molecular complexity index is 275. The summed E-state index contributed by atoms with van der Waals surface area (Å²) in [5.74, 6) is 0. The lowest BCUT2D eigenvalue weighted by atomic mass is 10.2. The topological polar surface area (TPSA) is 3.24 Å². The van der Waals surface area contributed by atoms with Crippen LogP contribution in [0.15, 0.2) is 48.0 Å². The molecule has 0 aromatic rings. The van der Waals surface area contributed by atoms with Crippen molar-refractivity contribution in [1.29, 1.82) is 0 Å². The molecule has 0 amide bonds. The van der Waals surface area contributed by atoms with Crippen molar-refractivity contribution < 1.29 is 0 Å².